The molecule has 0 aromatic heterocycles. The summed E-state index contributed by atoms with van der Waals surface area (Å²) >= 11 is 12.7. The van der Waals surface area contributed by atoms with Gasteiger partial charge in [0, 0.05) is 35.0 Å². The number of carbonyl (C=O) groups is 2. The minimum atomic E-state index is -0.724. The highest BCUT2D eigenvalue weighted by atomic mass is 35.5. The number of amides is 2. The van der Waals surface area contributed by atoms with E-state index in [0.29, 0.717) is 22.9 Å². The summed E-state index contributed by atoms with van der Waals surface area (Å²) in [6.07, 6.45) is 1.20. The normalized spacial score (nSPS) is 12.2. The Morgan fingerprint density at radius 1 is 0.846 bits per heavy atom. The van der Waals surface area contributed by atoms with Crippen LogP contribution in [0.4, 0.5) is 0 Å². The second kappa shape index (κ2) is 12.7. The lowest BCUT2D eigenvalue weighted by molar-refractivity contribution is -0.141. The van der Waals surface area contributed by atoms with Crippen molar-refractivity contribution in [2.75, 3.05) is 0 Å². The van der Waals surface area contributed by atoms with Gasteiger partial charge < -0.3 is 10.2 Å². The molecule has 1 N–H and O–H groups in total. The second-order valence-electron chi connectivity index (χ2n) is 10.8. The largest absolute Gasteiger partial charge is 0.350 e. The van der Waals surface area contributed by atoms with Crippen LogP contribution in [0.1, 0.15) is 43.9 Å². The molecule has 0 aliphatic rings. The number of carbonyl (C=O) groups excluding carboxylic acids is 2. The summed E-state index contributed by atoms with van der Waals surface area (Å²) in [7, 11) is 0. The molecule has 4 aromatic rings. The number of halogens is 2. The number of rotatable bonds is 9. The molecule has 0 saturated carbocycles. The van der Waals surface area contributed by atoms with Gasteiger partial charge in [0.1, 0.15) is 6.04 Å². The summed E-state index contributed by atoms with van der Waals surface area (Å²) in [6, 6.07) is 28.6. The highest BCUT2D eigenvalue weighted by molar-refractivity contribution is 6.35. The van der Waals surface area contributed by atoms with Gasteiger partial charge >= 0.3 is 0 Å². The zero-order valence-electron chi connectivity index (χ0n) is 22.6. The smallest absolute Gasteiger partial charge is 0.243 e. The van der Waals surface area contributed by atoms with Crippen molar-refractivity contribution in [3.8, 4) is 0 Å². The van der Waals surface area contributed by atoms with Crippen molar-refractivity contribution in [1.82, 2.24) is 10.2 Å². The maximum absolute atomic E-state index is 14.0. The second-order valence-corrected chi connectivity index (χ2v) is 11.7. The van der Waals surface area contributed by atoms with Gasteiger partial charge in [-0.05, 0) is 66.8 Å². The molecule has 1 unspecified atom stereocenters. The summed E-state index contributed by atoms with van der Waals surface area (Å²) in [5, 5.41) is 6.34. The van der Waals surface area contributed by atoms with E-state index in [1.807, 2.05) is 75.4 Å². The van der Waals surface area contributed by atoms with E-state index in [4.69, 9.17) is 23.2 Å². The van der Waals surface area contributed by atoms with Crippen LogP contribution in [-0.4, -0.2) is 28.3 Å². The first-order chi connectivity index (χ1) is 18.6. The van der Waals surface area contributed by atoms with Gasteiger partial charge in [0.2, 0.25) is 11.8 Å². The third kappa shape index (κ3) is 7.84. The van der Waals surface area contributed by atoms with Crippen LogP contribution in [0.15, 0.2) is 91.0 Å². The number of benzene rings is 4. The summed E-state index contributed by atoms with van der Waals surface area (Å²) in [5.41, 5.74) is 2.35. The predicted octanol–water partition coefficient (Wildman–Crippen LogP) is 7.63. The first kappa shape index (κ1) is 28.7. The topological polar surface area (TPSA) is 49.4 Å². The maximum Gasteiger partial charge on any atom is 0.243 e. The first-order valence-corrected chi connectivity index (χ1v) is 13.9. The van der Waals surface area contributed by atoms with Gasteiger partial charge in [-0.25, -0.2) is 0 Å². The van der Waals surface area contributed by atoms with E-state index in [1.165, 1.54) is 0 Å². The molecular formula is C33H34Cl2N2O2. The van der Waals surface area contributed by atoms with Crippen LogP contribution in [0.25, 0.3) is 10.8 Å². The molecule has 0 spiro atoms. The third-order valence-electron chi connectivity index (χ3n) is 6.61. The Hall–Kier alpha value is -3.34. The van der Waals surface area contributed by atoms with Crippen LogP contribution >= 0.6 is 23.2 Å². The summed E-state index contributed by atoms with van der Waals surface area (Å²) in [5.74, 6) is -0.311. The Kier molecular flexibility index (Phi) is 9.32. The lowest BCUT2D eigenvalue weighted by Gasteiger charge is -2.34. The minimum Gasteiger partial charge on any atom is -0.350 e. The van der Waals surface area contributed by atoms with Crippen molar-refractivity contribution in [1.29, 1.82) is 0 Å². The van der Waals surface area contributed by atoms with Gasteiger partial charge in [0.25, 0.3) is 0 Å². The Labute approximate surface area is 240 Å². The van der Waals surface area contributed by atoms with E-state index in [0.717, 1.165) is 27.5 Å². The van der Waals surface area contributed by atoms with Crippen molar-refractivity contribution in [3.63, 3.8) is 0 Å². The van der Waals surface area contributed by atoms with Crippen LogP contribution in [0.2, 0.25) is 10.0 Å². The number of hydrogen-bond acceptors (Lipinski definition) is 2. The first-order valence-electron chi connectivity index (χ1n) is 13.2. The SMILES string of the molecule is CC(C)(C)NC(=O)C(Cc1ccccc1)N(Cc1ccc(Cl)cc1Cl)C(=O)CCc1cccc2ccccc12. The fourth-order valence-corrected chi connectivity index (χ4v) is 5.20. The molecule has 39 heavy (non-hydrogen) atoms. The van der Waals surface area contributed by atoms with Crippen molar-refractivity contribution in [3.05, 3.63) is 118 Å². The highest BCUT2D eigenvalue weighted by Gasteiger charge is 2.32. The maximum atomic E-state index is 14.0. The number of aryl methyl sites for hydroxylation is 1. The van der Waals surface area contributed by atoms with E-state index < -0.39 is 11.6 Å². The lowest BCUT2D eigenvalue weighted by atomic mass is 9.98. The van der Waals surface area contributed by atoms with Crippen LogP contribution in [-0.2, 0) is 29.0 Å². The molecule has 4 nitrogen and oxygen atoms in total. The number of nitrogens with one attached hydrogen (secondary N) is 1. The molecule has 0 heterocycles. The number of hydrogen-bond donors (Lipinski definition) is 1. The highest BCUT2D eigenvalue weighted by Crippen LogP contribution is 2.26. The predicted molar refractivity (Wildman–Crippen MR) is 161 cm³/mol. The van der Waals surface area contributed by atoms with Crippen LogP contribution in [0.5, 0.6) is 0 Å². The monoisotopic (exact) mass is 560 g/mol. The Morgan fingerprint density at radius 3 is 2.26 bits per heavy atom. The van der Waals surface area contributed by atoms with Gasteiger partial charge in [-0.2, -0.15) is 0 Å². The average Bonchev–Trinajstić information content (AvgIpc) is 2.90. The van der Waals surface area contributed by atoms with E-state index in [9.17, 15) is 9.59 Å². The van der Waals surface area contributed by atoms with Crippen LogP contribution in [0, 0.1) is 0 Å². The van der Waals surface area contributed by atoms with Gasteiger partial charge in [0.05, 0.1) is 0 Å². The Balaban J connectivity index is 1.68. The molecule has 4 aromatic carbocycles. The molecule has 4 rings (SSSR count). The molecule has 0 aliphatic carbocycles. The Morgan fingerprint density at radius 2 is 1.54 bits per heavy atom. The third-order valence-corrected chi connectivity index (χ3v) is 7.20. The fraction of sp³-hybridized carbons (Fsp3) is 0.273. The van der Waals surface area contributed by atoms with E-state index in [-0.39, 0.29) is 24.8 Å². The lowest BCUT2D eigenvalue weighted by Crippen LogP contribution is -2.54. The molecule has 1 atom stereocenters. The van der Waals surface area contributed by atoms with E-state index in [2.05, 4.69) is 29.6 Å². The van der Waals surface area contributed by atoms with E-state index in [1.54, 1.807) is 17.0 Å². The number of nitrogens with zero attached hydrogens (tertiary/aromatic N) is 1. The molecule has 0 aliphatic heterocycles. The molecular weight excluding hydrogens is 527 g/mol. The molecule has 0 saturated heterocycles. The van der Waals surface area contributed by atoms with Gasteiger partial charge in [-0.3, -0.25) is 9.59 Å². The summed E-state index contributed by atoms with van der Waals surface area (Å²) in [4.78, 5) is 29.4. The molecule has 6 heteroatoms. The molecule has 0 fully saturated rings. The van der Waals surface area contributed by atoms with Crippen LogP contribution in [0.3, 0.4) is 0 Å². The molecule has 202 valence electrons. The summed E-state index contributed by atoms with van der Waals surface area (Å²) in [6.45, 7) is 6.01. The van der Waals surface area contributed by atoms with Gasteiger partial charge in [-0.15, -0.1) is 0 Å². The van der Waals surface area contributed by atoms with Crippen LogP contribution < -0.4 is 5.32 Å². The molecule has 0 radical (unpaired) electrons. The van der Waals surface area contributed by atoms with Gasteiger partial charge in [0.15, 0.2) is 0 Å². The fourth-order valence-electron chi connectivity index (χ4n) is 4.74. The zero-order chi connectivity index (χ0) is 28.0. The summed E-state index contributed by atoms with van der Waals surface area (Å²) < 4.78 is 0. The van der Waals surface area contributed by atoms with Crippen molar-refractivity contribution in [2.45, 2.75) is 58.2 Å². The average molecular weight is 562 g/mol. The van der Waals surface area contributed by atoms with Crippen molar-refractivity contribution in [2.24, 2.45) is 0 Å². The van der Waals surface area contributed by atoms with E-state index >= 15 is 0 Å². The van der Waals surface area contributed by atoms with Crippen molar-refractivity contribution < 1.29 is 9.59 Å². The molecule has 2 amide bonds. The quantitative estimate of drug-likeness (QED) is 0.228. The Bertz CT molecular complexity index is 1440. The molecule has 0 bridgehead atoms. The minimum absolute atomic E-state index is 0.112. The zero-order valence-corrected chi connectivity index (χ0v) is 24.1. The van der Waals surface area contributed by atoms with Gasteiger partial charge in [-0.1, -0.05) is 102 Å². The standard InChI is InChI=1S/C33H34Cl2N2O2/c1-33(2,3)36-32(39)30(20-23-10-5-4-6-11-23)37(22-26-16-18-27(34)21-29(26)35)31(38)19-17-25-14-9-13-24-12-7-8-15-28(24)25/h4-16,18,21,30H,17,19-20,22H2,1-3H3,(H,36,39). The van der Waals surface area contributed by atoms with Crippen molar-refractivity contribution >= 4 is 45.8 Å². The number of fused-ring (bicyclic) bond motifs is 1.